The van der Waals surface area contributed by atoms with Crippen LogP contribution in [-0.4, -0.2) is 26.9 Å². The average Bonchev–Trinajstić information content (AvgIpc) is 2.87. The molecule has 118 valence electrons. The number of nitrogens with one attached hydrogen (secondary N) is 2. The Morgan fingerprint density at radius 3 is 2.62 bits per heavy atom. The summed E-state index contributed by atoms with van der Waals surface area (Å²) in [5.74, 6) is -0.0861. The molecule has 1 saturated carbocycles. The third-order valence-electron chi connectivity index (χ3n) is 3.43. The Bertz CT molecular complexity index is 580. The first-order chi connectivity index (χ1) is 9.97. The second-order valence-electron chi connectivity index (χ2n) is 5.11. The molecule has 1 aromatic rings. The van der Waals surface area contributed by atoms with E-state index in [9.17, 15) is 13.2 Å². The molecule has 0 atom stereocenters. The van der Waals surface area contributed by atoms with Crippen molar-refractivity contribution in [1.82, 2.24) is 10.0 Å². The van der Waals surface area contributed by atoms with Gasteiger partial charge in [-0.3, -0.25) is 4.79 Å². The lowest BCUT2D eigenvalue weighted by molar-refractivity contribution is -0.121. The van der Waals surface area contributed by atoms with Crippen molar-refractivity contribution in [3.63, 3.8) is 0 Å². The number of carbonyl (C=O) groups excluding carboxylic acids is 1. The van der Waals surface area contributed by atoms with E-state index in [0.717, 1.165) is 40.8 Å². The van der Waals surface area contributed by atoms with E-state index in [1.54, 1.807) is 12.1 Å². The van der Waals surface area contributed by atoms with Crippen LogP contribution >= 0.6 is 27.3 Å². The third kappa shape index (κ3) is 5.36. The first kappa shape index (κ1) is 16.9. The van der Waals surface area contributed by atoms with Gasteiger partial charge >= 0.3 is 0 Å². The highest BCUT2D eigenvalue weighted by atomic mass is 79.9. The van der Waals surface area contributed by atoms with E-state index < -0.39 is 10.0 Å². The van der Waals surface area contributed by atoms with Crippen molar-refractivity contribution in [2.75, 3.05) is 6.54 Å². The Labute approximate surface area is 137 Å². The van der Waals surface area contributed by atoms with Crippen molar-refractivity contribution in [2.24, 2.45) is 0 Å². The molecule has 0 spiro atoms. The molecule has 0 radical (unpaired) electrons. The maximum Gasteiger partial charge on any atom is 0.250 e. The van der Waals surface area contributed by atoms with Gasteiger partial charge in [-0.15, -0.1) is 11.3 Å². The van der Waals surface area contributed by atoms with Crippen LogP contribution in [0.15, 0.2) is 20.1 Å². The van der Waals surface area contributed by atoms with Gasteiger partial charge in [0.1, 0.15) is 4.21 Å². The molecule has 1 fully saturated rings. The largest absolute Gasteiger partial charge is 0.353 e. The zero-order valence-corrected chi connectivity index (χ0v) is 14.8. The Kier molecular flexibility index (Phi) is 6.21. The van der Waals surface area contributed by atoms with Crippen LogP contribution in [0.4, 0.5) is 0 Å². The number of rotatable bonds is 6. The molecular weight excluding hydrogens is 376 g/mol. The molecule has 2 rings (SSSR count). The van der Waals surface area contributed by atoms with Crippen LogP contribution in [0.3, 0.4) is 0 Å². The van der Waals surface area contributed by atoms with Gasteiger partial charge < -0.3 is 5.32 Å². The van der Waals surface area contributed by atoms with Crippen LogP contribution in [0.1, 0.15) is 38.5 Å². The molecule has 1 amide bonds. The molecule has 0 aromatic carbocycles. The number of hydrogen-bond donors (Lipinski definition) is 2. The number of amides is 1. The maximum atomic E-state index is 12.0. The number of thiophene rings is 1. The van der Waals surface area contributed by atoms with Gasteiger partial charge in [0.15, 0.2) is 0 Å². The van der Waals surface area contributed by atoms with E-state index in [2.05, 4.69) is 26.0 Å². The Balaban J connectivity index is 1.74. The van der Waals surface area contributed by atoms with Gasteiger partial charge in [0.25, 0.3) is 0 Å². The van der Waals surface area contributed by atoms with Crippen molar-refractivity contribution in [3.8, 4) is 0 Å². The molecule has 21 heavy (non-hydrogen) atoms. The average molecular weight is 395 g/mol. The minimum Gasteiger partial charge on any atom is -0.353 e. The first-order valence-corrected chi connectivity index (χ1v) is 10.1. The molecule has 2 N–H and O–H groups in total. The summed E-state index contributed by atoms with van der Waals surface area (Å²) in [6, 6.07) is 3.49. The Morgan fingerprint density at radius 1 is 1.29 bits per heavy atom. The SMILES string of the molecule is O=C(CCNS(=O)(=O)c1ccc(Br)s1)NC1CCCCC1. The topological polar surface area (TPSA) is 75.3 Å². The van der Waals surface area contributed by atoms with Crippen LogP contribution < -0.4 is 10.0 Å². The summed E-state index contributed by atoms with van der Waals surface area (Å²) in [6.07, 6.45) is 5.78. The molecule has 1 aromatic heterocycles. The van der Waals surface area contributed by atoms with Gasteiger partial charge in [-0.25, -0.2) is 13.1 Å². The minimum absolute atomic E-state index is 0.0861. The van der Waals surface area contributed by atoms with Gasteiger partial charge in [-0.05, 0) is 40.9 Å². The molecule has 1 heterocycles. The van der Waals surface area contributed by atoms with E-state index >= 15 is 0 Å². The fourth-order valence-electron chi connectivity index (χ4n) is 2.36. The van der Waals surface area contributed by atoms with Crippen LogP contribution in [0, 0.1) is 0 Å². The van der Waals surface area contributed by atoms with Gasteiger partial charge in [0.2, 0.25) is 15.9 Å². The molecule has 8 heteroatoms. The van der Waals surface area contributed by atoms with Crippen molar-refractivity contribution in [1.29, 1.82) is 0 Å². The van der Waals surface area contributed by atoms with E-state index in [4.69, 9.17) is 0 Å². The predicted molar refractivity (Wildman–Crippen MR) is 86.8 cm³/mol. The van der Waals surface area contributed by atoms with Gasteiger partial charge in [-0.2, -0.15) is 0 Å². The molecule has 5 nitrogen and oxygen atoms in total. The zero-order valence-electron chi connectivity index (χ0n) is 11.6. The summed E-state index contributed by atoms with van der Waals surface area (Å²) < 4.78 is 27.4. The molecule has 0 saturated heterocycles. The van der Waals surface area contributed by atoms with Crippen LogP contribution in [-0.2, 0) is 14.8 Å². The highest BCUT2D eigenvalue weighted by Crippen LogP contribution is 2.25. The van der Waals surface area contributed by atoms with Gasteiger partial charge in [-0.1, -0.05) is 19.3 Å². The minimum atomic E-state index is -3.51. The lowest BCUT2D eigenvalue weighted by Crippen LogP contribution is -2.38. The summed E-state index contributed by atoms with van der Waals surface area (Å²) in [5, 5.41) is 2.97. The summed E-state index contributed by atoms with van der Waals surface area (Å²) in [4.78, 5) is 11.8. The third-order valence-corrected chi connectivity index (χ3v) is 7.00. The predicted octanol–water partition coefficient (Wildman–Crippen LogP) is 2.63. The molecule has 0 unspecified atom stereocenters. The quantitative estimate of drug-likeness (QED) is 0.778. The van der Waals surface area contributed by atoms with Crippen LogP contribution in [0.5, 0.6) is 0 Å². The Hall–Kier alpha value is -0.440. The number of sulfonamides is 1. The van der Waals surface area contributed by atoms with Crippen LogP contribution in [0.2, 0.25) is 0 Å². The van der Waals surface area contributed by atoms with Crippen molar-refractivity contribution < 1.29 is 13.2 Å². The summed E-state index contributed by atoms with van der Waals surface area (Å²) in [7, 11) is -3.51. The lowest BCUT2D eigenvalue weighted by Gasteiger charge is -2.22. The highest BCUT2D eigenvalue weighted by Gasteiger charge is 2.18. The number of halogens is 1. The fraction of sp³-hybridized carbons (Fsp3) is 0.615. The number of carbonyl (C=O) groups is 1. The standard InChI is InChI=1S/C13H19BrN2O3S2/c14-11-6-7-13(20-11)21(18,19)15-9-8-12(17)16-10-4-2-1-3-5-10/h6-7,10,15H,1-5,8-9H2,(H,16,17). The fourth-order valence-corrected chi connectivity index (χ4v) is 5.45. The second kappa shape index (κ2) is 7.71. The summed E-state index contributed by atoms with van der Waals surface area (Å²) in [5.41, 5.74) is 0. The number of hydrogen-bond acceptors (Lipinski definition) is 4. The zero-order chi connectivity index (χ0) is 15.3. The normalized spacial score (nSPS) is 16.8. The van der Waals surface area contributed by atoms with E-state index in [-0.39, 0.29) is 29.1 Å². The molecule has 1 aliphatic rings. The molecule has 1 aliphatic carbocycles. The lowest BCUT2D eigenvalue weighted by atomic mass is 9.95. The Morgan fingerprint density at radius 2 is 2.00 bits per heavy atom. The first-order valence-electron chi connectivity index (χ1n) is 7.02. The van der Waals surface area contributed by atoms with E-state index in [1.807, 2.05) is 0 Å². The smallest absolute Gasteiger partial charge is 0.250 e. The van der Waals surface area contributed by atoms with E-state index in [1.165, 1.54) is 6.42 Å². The summed E-state index contributed by atoms with van der Waals surface area (Å²) >= 11 is 4.38. The monoisotopic (exact) mass is 394 g/mol. The van der Waals surface area contributed by atoms with Gasteiger partial charge in [0, 0.05) is 19.0 Å². The highest BCUT2D eigenvalue weighted by molar-refractivity contribution is 9.11. The van der Waals surface area contributed by atoms with Crippen molar-refractivity contribution in [2.45, 2.75) is 48.8 Å². The van der Waals surface area contributed by atoms with E-state index in [0.29, 0.717) is 0 Å². The van der Waals surface area contributed by atoms with Crippen molar-refractivity contribution >= 4 is 43.2 Å². The maximum absolute atomic E-state index is 12.0. The van der Waals surface area contributed by atoms with Gasteiger partial charge in [0.05, 0.1) is 3.79 Å². The van der Waals surface area contributed by atoms with Crippen LogP contribution in [0.25, 0.3) is 0 Å². The molecule has 0 bridgehead atoms. The summed E-state index contributed by atoms with van der Waals surface area (Å²) in [6.45, 7) is 0.121. The molecule has 0 aliphatic heterocycles. The second-order valence-corrected chi connectivity index (χ2v) is 9.57. The molecular formula is C13H19BrN2O3S2. The van der Waals surface area contributed by atoms with Crippen molar-refractivity contribution in [3.05, 3.63) is 15.9 Å².